The van der Waals surface area contributed by atoms with E-state index in [0.717, 1.165) is 25.1 Å². The lowest BCUT2D eigenvalue weighted by Crippen LogP contribution is -2.33. The molecular weight excluding hydrogens is 286 g/mol. The van der Waals surface area contributed by atoms with E-state index in [0.29, 0.717) is 6.54 Å². The van der Waals surface area contributed by atoms with Crippen molar-refractivity contribution < 1.29 is 14.1 Å². The molecule has 0 radical (unpaired) electrons. The molecule has 120 valence electrons. The van der Waals surface area contributed by atoms with Crippen molar-refractivity contribution in [1.82, 2.24) is 5.32 Å². The first kappa shape index (κ1) is 18.1. The monoisotopic (exact) mass is 313 g/mol. The molecule has 0 amide bonds. The van der Waals surface area contributed by atoms with Gasteiger partial charge in [0.25, 0.3) is 0 Å². The molecule has 0 bridgehead atoms. The van der Waals surface area contributed by atoms with E-state index in [2.05, 4.69) is 12.2 Å². The van der Waals surface area contributed by atoms with Gasteiger partial charge >= 0.3 is 0 Å². The molecular formula is C16H27NO3S. The molecule has 0 aliphatic rings. The van der Waals surface area contributed by atoms with Gasteiger partial charge in [-0.05, 0) is 37.1 Å². The average molecular weight is 313 g/mol. The van der Waals surface area contributed by atoms with Crippen LogP contribution in [0, 0.1) is 0 Å². The highest BCUT2D eigenvalue weighted by Crippen LogP contribution is 2.12. The Kier molecular flexibility index (Phi) is 8.57. The number of aryl methyl sites for hydroxylation is 1. The van der Waals surface area contributed by atoms with Gasteiger partial charge in [0.05, 0.1) is 0 Å². The maximum atomic E-state index is 11.2. The smallest absolute Gasteiger partial charge is 0.119 e. The van der Waals surface area contributed by atoms with Crippen LogP contribution < -0.4 is 10.1 Å². The normalized spacial score (nSPS) is 15.4. The molecule has 5 heteroatoms. The van der Waals surface area contributed by atoms with E-state index < -0.39 is 16.9 Å². The van der Waals surface area contributed by atoms with Gasteiger partial charge in [0.1, 0.15) is 18.5 Å². The lowest BCUT2D eigenvalue weighted by atomic mass is 10.2. The number of benzene rings is 1. The second-order valence-corrected chi connectivity index (χ2v) is 7.07. The Labute approximate surface area is 130 Å². The van der Waals surface area contributed by atoms with Crippen LogP contribution >= 0.6 is 0 Å². The van der Waals surface area contributed by atoms with E-state index in [9.17, 15) is 9.32 Å². The molecule has 0 aliphatic carbocycles. The third-order valence-electron chi connectivity index (χ3n) is 3.45. The highest BCUT2D eigenvalue weighted by atomic mass is 32.2. The summed E-state index contributed by atoms with van der Waals surface area (Å²) in [5, 5.41) is 13.2. The first-order valence-corrected chi connectivity index (χ1v) is 9.07. The van der Waals surface area contributed by atoms with Gasteiger partial charge in [0.2, 0.25) is 0 Å². The molecule has 0 heterocycles. The minimum Gasteiger partial charge on any atom is -0.491 e. The number of nitrogens with one attached hydrogen (secondary N) is 1. The highest BCUT2D eigenvalue weighted by Gasteiger charge is 2.07. The summed E-state index contributed by atoms with van der Waals surface area (Å²) in [4.78, 5) is 0. The standard InChI is InChI=1S/C16H27NO3S/c1-4-14-5-7-16(8-6-14)20-12-15(18)11-17-10-9-13(2)21(3)19/h5-8,13,15,17-18H,4,9-12H2,1-3H3. The molecule has 0 saturated heterocycles. The first-order valence-electron chi connectivity index (χ1n) is 7.45. The second-order valence-electron chi connectivity index (χ2n) is 5.26. The molecule has 0 fully saturated rings. The first-order chi connectivity index (χ1) is 10.0. The average Bonchev–Trinajstić information content (AvgIpc) is 2.49. The largest absolute Gasteiger partial charge is 0.491 e. The van der Waals surface area contributed by atoms with Crippen molar-refractivity contribution in [2.75, 3.05) is 26.0 Å². The third-order valence-corrected chi connectivity index (χ3v) is 4.82. The van der Waals surface area contributed by atoms with E-state index in [1.165, 1.54) is 5.56 Å². The van der Waals surface area contributed by atoms with Gasteiger partial charge in [-0.15, -0.1) is 0 Å². The summed E-state index contributed by atoms with van der Waals surface area (Å²) in [6.45, 7) is 5.59. The van der Waals surface area contributed by atoms with Crippen LogP contribution in [0.1, 0.15) is 25.8 Å². The fourth-order valence-electron chi connectivity index (χ4n) is 1.81. The van der Waals surface area contributed by atoms with Crippen molar-refractivity contribution in [3.63, 3.8) is 0 Å². The minimum absolute atomic E-state index is 0.183. The van der Waals surface area contributed by atoms with Crippen molar-refractivity contribution in [2.24, 2.45) is 0 Å². The SMILES string of the molecule is CCc1ccc(OCC(O)CNCCC(C)S(C)=O)cc1. The molecule has 3 unspecified atom stereocenters. The van der Waals surface area contributed by atoms with Gasteiger partial charge in [0, 0.05) is 28.9 Å². The molecule has 1 rings (SSSR count). The van der Waals surface area contributed by atoms with Crippen LogP contribution in [0.25, 0.3) is 0 Å². The second kappa shape index (κ2) is 9.92. The topological polar surface area (TPSA) is 58.6 Å². The van der Waals surface area contributed by atoms with Gasteiger partial charge in [0.15, 0.2) is 0 Å². The molecule has 0 spiro atoms. The predicted molar refractivity (Wildman–Crippen MR) is 88.3 cm³/mol. The van der Waals surface area contributed by atoms with E-state index in [4.69, 9.17) is 4.74 Å². The molecule has 4 nitrogen and oxygen atoms in total. The van der Waals surface area contributed by atoms with Gasteiger partial charge in [-0.2, -0.15) is 0 Å². The van der Waals surface area contributed by atoms with Gasteiger partial charge < -0.3 is 15.2 Å². The zero-order valence-electron chi connectivity index (χ0n) is 13.2. The number of hydrogen-bond acceptors (Lipinski definition) is 4. The van der Waals surface area contributed by atoms with Crippen molar-refractivity contribution in [1.29, 1.82) is 0 Å². The third kappa shape index (κ3) is 7.60. The number of hydrogen-bond donors (Lipinski definition) is 2. The molecule has 21 heavy (non-hydrogen) atoms. The minimum atomic E-state index is -0.783. The highest BCUT2D eigenvalue weighted by molar-refractivity contribution is 7.84. The summed E-state index contributed by atoms with van der Waals surface area (Å²) >= 11 is 0. The van der Waals surface area contributed by atoms with E-state index in [-0.39, 0.29) is 11.9 Å². The molecule has 1 aromatic carbocycles. The molecule has 0 aromatic heterocycles. The Morgan fingerprint density at radius 2 is 2.00 bits per heavy atom. The van der Waals surface area contributed by atoms with Crippen molar-refractivity contribution in [3.05, 3.63) is 29.8 Å². The summed E-state index contributed by atoms with van der Waals surface area (Å²) in [7, 11) is -0.783. The van der Waals surface area contributed by atoms with Crippen LogP contribution in [0.3, 0.4) is 0 Å². The van der Waals surface area contributed by atoms with Crippen molar-refractivity contribution in [3.8, 4) is 5.75 Å². The number of ether oxygens (including phenoxy) is 1. The Hall–Kier alpha value is -0.910. The van der Waals surface area contributed by atoms with Gasteiger partial charge in [-0.25, -0.2) is 0 Å². The van der Waals surface area contributed by atoms with Crippen LogP contribution in [0.5, 0.6) is 5.75 Å². The molecule has 3 atom stereocenters. The maximum Gasteiger partial charge on any atom is 0.119 e. The van der Waals surface area contributed by atoms with Gasteiger partial charge in [-0.1, -0.05) is 26.0 Å². The fraction of sp³-hybridized carbons (Fsp3) is 0.625. The summed E-state index contributed by atoms with van der Waals surface area (Å²) in [5.74, 6) is 0.779. The number of rotatable bonds is 10. The lowest BCUT2D eigenvalue weighted by Gasteiger charge is -2.14. The summed E-state index contributed by atoms with van der Waals surface area (Å²) in [6.07, 6.45) is 3.03. The van der Waals surface area contributed by atoms with Crippen LogP contribution in [-0.4, -0.2) is 46.6 Å². The molecule has 0 aliphatic heterocycles. The maximum absolute atomic E-state index is 11.2. The zero-order chi connectivity index (χ0) is 15.7. The molecule has 2 N–H and O–H groups in total. The van der Waals surface area contributed by atoms with Crippen LogP contribution in [0.2, 0.25) is 0 Å². The quantitative estimate of drug-likeness (QED) is 0.646. The van der Waals surface area contributed by atoms with Gasteiger partial charge in [-0.3, -0.25) is 4.21 Å². The van der Waals surface area contributed by atoms with Crippen LogP contribution in [0.15, 0.2) is 24.3 Å². The van der Waals surface area contributed by atoms with E-state index >= 15 is 0 Å². The summed E-state index contributed by atoms with van der Waals surface area (Å²) in [6, 6.07) is 7.92. The Balaban J connectivity index is 2.15. The number of aliphatic hydroxyl groups is 1. The zero-order valence-corrected chi connectivity index (χ0v) is 14.0. The summed E-state index contributed by atoms with van der Waals surface area (Å²) < 4.78 is 16.7. The van der Waals surface area contributed by atoms with Crippen LogP contribution in [-0.2, 0) is 17.2 Å². The summed E-state index contributed by atoms with van der Waals surface area (Å²) in [5.41, 5.74) is 1.27. The van der Waals surface area contributed by atoms with E-state index in [1.54, 1.807) is 6.26 Å². The molecule has 0 saturated carbocycles. The Morgan fingerprint density at radius 1 is 1.33 bits per heavy atom. The number of aliphatic hydroxyl groups excluding tert-OH is 1. The predicted octanol–water partition coefficient (Wildman–Crippen LogP) is 1.74. The molecule has 1 aromatic rings. The van der Waals surface area contributed by atoms with E-state index in [1.807, 2.05) is 31.2 Å². The van der Waals surface area contributed by atoms with Crippen molar-refractivity contribution in [2.45, 2.75) is 38.0 Å². The Morgan fingerprint density at radius 3 is 2.57 bits per heavy atom. The Bertz CT molecular complexity index is 422. The van der Waals surface area contributed by atoms with Crippen LogP contribution in [0.4, 0.5) is 0 Å². The lowest BCUT2D eigenvalue weighted by molar-refractivity contribution is 0.106. The van der Waals surface area contributed by atoms with Crippen molar-refractivity contribution >= 4 is 10.8 Å². The fourth-order valence-corrected chi connectivity index (χ4v) is 2.26.